The predicted octanol–water partition coefficient (Wildman–Crippen LogP) is 11.2. The number of hydrogen-bond donors (Lipinski definition) is 0. The van der Waals surface area contributed by atoms with Crippen molar-refractivity contribution in [3.05, 3.63) is 231 Å². The van der Waals surface area contributed by atoms with Gasteiger partial charge in [-0.1, -0.05) is 212 Å². The van der Waals surface area contributed by atoms with Crippen molar-refractivity contribution in [2.45, 2.75) is 0 Å². The summed E-state index contributed by atoms with van der Waals surface area (Å²) in [6.45, 7) is 0. The lowest BCUT2D eigenvalue weighted by atomic mass is 9.97. The molecule has 0 aliphatic heterocycles. The zero-order valence-corrected chi connectivity index (χ0v) is 35.1. The van der Waals surface area contributed by atoms with Crippen LogP contribution in [0.2, 0.25) is 0 Å². The maximum atomic E-state index is 6.41. The monoisotopic (exact) mass is 822 g/mol. The zero-order chi connectivity index (χ0) is 41.7. The van der Waals surface area contributed by atoms with Gasteiger partial charge in [-0.2, -0.15) is 9.97 Å². The van der Waals surface area contributed by atoms with Crippen LogP contribution >= 0.6 is 0 Å². The van der Waals surface area contributed by atoms with Crippen molar-refractivity contribution in [2.24, 2.45) is 0 Å². The lowest BCUT2D eigenvalue weighted by Gasteiger charge is -2.34. The van der Waals surface area contributed by atoms with Gasteiger partial charge in [0, 0.05) is 38.2 Å². The van der Waals surface area contributed by atoms with Crippen LogP contribution < -0.4 is 20.7 Å². The highest BCUT2D eigenvalue weighted by molar-refractivity contribution is 7.19. The molecule has 12 rings (SSSR count). The normalized spacial score (nSPS) is 11.8. The van der Waals surface area contributed by atoms with Crippen LogP contribution in [0, 0.1) is 0 Å². The minimum atomic E-state index is -2.85. The second-order valence-electron chi connectivity index (χ2n) is 15.9. The van der Waals surface area contributed by atoms with Gasteiger partial charge in [0.25, 0.3) is 0 Å². The Hall–Kier alpha value is -8.19. The van der Waals surface area contributed by atoms with E-state index in [-0.39, 0.29) is 0 Å². The van der Waals surface area contributed by atoms with Gasteiger partial charge in [0.1, 0.15) is 11.2 Å². The number of para-hydroxylation sites is 3. The van der Waals surface area contributed by atoms with Crippen LogP contribution in [-0.2, 0) is 0 Å². The van der Waals surface area contributed by atoms with Crippen molar-refractivity contribution in [3.63, 3.8) is 0 Å². The van der Waals surface area contributed by atoms with Gasteiger partial charge in [0.15, 0.2) is 19.7 Å². The van der Waals surface area contributed by atoms with E-state index in [1.54, 1.807) is 0 Å². The van der Waals surface area contributed by atoms with Gasteiger partial charge in [0.05, 0.1) is 11.0 Å². The Morgan fingerprint density at radius 2 is 0.857 bits per heavy atom. The summed E-state index contributed by atoms with van der Waals surface area (Å²) in [5.41, 5.74) is 7.73. The molecule has 0 spiro atoms. The van der Waals surface area contributed by atoms with Crippen molar-refractivity contribution in [1.82, 2.24) is 19.5 Å². The van der Waals surface area contributed by atoms with Crippen LogP contribution in [0.3, 0.4) is 0 Å². The van der Waals surface area contributed by atoms with Gasteiger partial charge in [-0.15, -0.1) is 0 Å². The smallest absolute Gasteiger partial charge is 0.238 e. The van der Waals surface area contributed by atoms with E-state index in [0.29, 0.717) is 17.6 Å². The van der Waals surface area contributed by atoms with E-state index >= 15 is 0 Å². The Morgan fingerprint density at radius 3 is 1.56 bits per heavy atom. The van der Waals surface area contributed by atoms with E-state index in [2.05, 4.69) is 205 Å². The number of rotatable bonds is 8. The molecule has 0 aliphatic rings. The number of nitrogens with zero attached hydrogens (tertiary/aromatic N) is 4. The average Bonchev–Trinajstić information content (AvgIpc) is 3.92. The first-order valence-electron chi connectivity index (χ1n) is 21.3. The molecular formula is C57H38N4OSi. The molecule has 0 unspecified atom stereocenters. The number of fused-ring (bicyclic) bond motifs is 6. The van der Waals surface area contributed by atoms with E-state index in [1.807, 2.05) is 30.3 Å². The first-order valence-corrected chi connectivity index (χ1v) is 23.3. The predicted molar refractivity (Wildman–Crippen MR) is 261 cm³/mol. The maximum Gasteiger partial charge on any atom is 0.238 e. The first-order chi connectivity index (χ1) is 31.3. The Morgan fingerprint density at radius 1 is 0.365 bits per heavy atom. The molecule has 5 nitrogen and oxygen atoms in total. The fourth-order valence-corrected chi connectivity index (χ4v) is 14.5. The summed E-state index contributed by atoms with van der Waals surface area (Å²) in [6, 6.07) is 81.9. The zero-order valence-electron chi connectivity index (χ0n) is 34.1. The van der Waals surface area contributed by atoms with E-state index < -0.39 is 8.07 Å². The van der Waals surface area contributed by atoms with Crippen LogP contribution in [0.25, 0.3) is 83.6 Å². The summed E-state index contributed by atoms with van der Waals surface area (Å²) in [5.74, 6) is 1.75. The van der Waals surface area contributed by atoms with Gasteiger partial charge in [0.2, 0.25) is 5.95 Å². The van der Waals surface area contributed by atoms with Crippen molar-refractivity contribution in [3.8, 4) is 39.9 Å². The Labute approximate surface area is 365 Å². The molecule has 3 aromatic heterocycles. The summed E-state index contributed by atoms with van der Waals surface area (Å²) in [5, 5.41) is 9.55. The Balaban J connectivity index is 1.14. The maximum absolute atomic E-state index is 6.41. The van der Waals surface area contributed by atoms with Crippen LogP contribution in [0.15, 0.2) is 235 Å². The second kappa shape index (κ2) is 15.1. The van der Waals surface area contributed by atoms with Gasteiger partial charge < -0.3 is 4.42 Å². The number of furan rings is 1. The van der Waals surface area contributed by atoms with E-state index in [0.717, 1.165) is 66.0 Å². The third kappa shape index (κ3) is 5.95. The molecule has 0 N–H and O–H groups in total. The summed E-state index contributed by atoms with van der Waals surface area (Å²) in [6.07, 6.45) is 0. The minimum absolute atomic E-state index is 0.546. The van der Waals surface area contributed by atoms with Crippen molar-refractivity contribution in [2.75, 3.05) is 0 Å². The molecule has 296 valence electrons. The molecule has 9 aromatic carbocycles. The molecule has 0 atom stereocenters. The van der Waals surface area contributed by atoms with E-state index in [1.165, 1.54) is 20.7 Å². The molecule has 3 heterocycles. The van der Waals surface area contributed by atoms with Crippen molar-refractivity contribution >= 4 is 72.6 Å². The van der Waals surface area contributed by atoms with Gasteiger partial charge in [-0.05, 0) is 44.5 Å². The molecule has 0 bridgehead atoms. The largest absolute Gasteiger partial charge is 0.456 e. The summed E-state index contributed by atoms with van der Waals surface area (Å²) < 4.78 is 8.65. The van der Waals surface area contributed by atoms with Crippen molar-refractivity contribution < 1.29 is 4.42 Å². The fraction of sp³-hybridized carbons (Fsp3) is 0. The van der Waals surface area contributed by atoms with Crippen molar-refractivity contribution in [1.29, 1.82) is 0 Å². The highest BCUT2D eigenvalue weighted by Crippen LogP contribution is 2.42. The van der Waals surface area contributed by atoms with Crippen LogP contribution in [0.4, 0.5) is 0 Å². The van der Waals surface area contributed by atoms with Crippen LogP contribution in [0.5, 0.6) is 0 Å². The van der Waals surface area contributed by atoms with E-state index in [4.69, 9.17) is 19.4 Å². The summed E-state index contributed by atoms with van der Waals surface area (Å²) in [4.78, 5) is 16.1. The summed E-state index contributed by atoms with van der Waals surface area (Å²) in [7, 11) is -2.85. The number of aromatic nitrogens is 4. The number of hydrogen-bond acceptors (Lipinski definition) is 4. The topological polar surface area (TPSA) is 56.7 Å². The number of benzene rings is 9. The molecule has 0 saturated heterocycles. The standard InChI is InChI=1S/C57H38N4OSi/c1-5-20-39(21-6-1)55-58-56(40-22-17-29-44(38-40)63(41-23-7-2-8-24-41,42-25-9-3-10-26-42)43-27-11-4-12-28-43)60-57(59-55)61-50-35-15-13-30-45(50)47-33-18-34-48(54(47)61)46-32-19-37-52-53(46)49-31-14-16-36-51(49)62-52/h1-38H. The molecule has 12 aromatic rings. The molecule has 0 aliphatic carbocycles. The molecule has 6 heteroatoms. The summed E-state index contributed by atoms with van der Waals surface area (Å²) >= 11 is 0. The van der Waals surface area contributed by atoms with Gasteiger partial charge >= 0.3 is 0 Å². The van der Waals surface area contributed by atoms with Gasteiger partial charge in [-0.3, -0.25) is 4.57 Å². The SMILES string of the molecule is c1ccc(-c2nc(-c3cccc([Si](c4ccccc4)(c4ccccc4)c4ccccc4)c3)nc(-n3c4ccccc4c4cccc(-c5cccc6oc7ccccc7c56)c43)n2)cc1. The highest BCUT2D eigenvalue weighted by atomic mass is 28.3. The molecular weight excluding hydrogens is 785 g/mol. The Bertz CT molecular complexity index is 3530. The minimum Gasteiger partial charge on any atom is -0.456 e. The average molecular weight is 823 g/mol. The fourth-order valence-electron chi connectivity index (χ4n) is 9.71. The third-order valence-electron chi connectivity index (χ3n) is 12.4. The molecule has 0 fully saturated rings. The molecule has 0 saturated carbocycles. The highest BCUT2D eigenvalue weighted by Gasteiger charge is 2.41. The third-order valence-corrected chi connectivity index (χ3v) is 17.2. The van der Waals surface area contributed by atoms with Crippen LogP contribution in [0.1, 0.15) is 0 Å². The first kappa shape index (κ1) is 36.6. The second-order valence-corrected chi connectivity index (χ2v) is 19.7. The molecule has 0 radical (unpaired) electrons. The Kier molecular flexibility index (Phi) is 8.76. The van der Waals surface area contributed by atoms with E-state index in [9.17, 15) is 0 Å². The molecule has 0 amide bonds. The van der Waals surface area contributed by atoms with Crippen LogP contribution in [-0.4, -0.2) is 27.6 Å². The van der Waals surface area contributed by atoms with Gasteiger partial charge in [-0.25, -0.2) is 4.98 Å². The quantitative estimate of drug-likeness (QED) is 0.113. The lowest BCUT2D eigenvalue weighted by Crippen LogP contribution is -2.74. The lowest BCUT2D eigenvalue weighted by molar-refractivity contribution is 0.669. The molecule has 63 heavy (non-hydrogen) atoms.